The van der Waals surface area contributed by atoms with Gasteiger partial charge in [-0.3, -0.25) is 4.79 Å². The number of amides is 1. The second-order valence-electron chi connectivity index (χ2n) is 8.59. The molecule has 0 saturated carbocycles. The zero-order valence-corrected chi connectivity index (χ0v) is 22.8. The predicted octanol–water partition coefficient (Wildman–Crippen LogP) is 4.59. The summed E-state index contributed by atoms with van der Waals surface area (Å²) in [6.45, 7) is 3.48. The van der Waals surface area contributed by atoms with E-state index < -0.39 is 0 Å². The molecule has 1 aliphatic rings. The normalized spacial score (nSPS) is 13.4. The Morgan fingerprint density at radius 3 is 2.59 bits per heavy atom. The van der Waals surface area contributed by atoms with Gasteiger partial charge in [-0.25, -0.2) is 9.97 Å². The van der Waals surface area contributed by atoms with Crippen molar-refractivity contribution in [1.82, 2.24) is 14.9 Å². The van der Waals surface area contributed by atoms with Crippen LogP contribution in [0.1, 0.15) is 21.5 Å². The molecule has 2 aromatic carbocycles. The molecule has 0 aliphatic carbocycles. The van der Waals surface area contributed by atoms with Crippen molar-refractivity contribution in [3.63, 3.8) is 0 Å². The zero-order valence-electron chi connectivity index (χ0n) is 21.3. The van der Waals surface area contributed by atoms with Gasteiger partial charge in [0.1, 0.15) is 11.0 Å². The molecular weight excluding hydrogens is 512 g/mol. The lowest BCUT2D eigenvalue weighted by Crippen LogP contribution is -2.36. The lowest BCUT2D eigenvalue weighted by atomic mass is 10.1. The molecule has 0 spiro atoms. The van der Waals surface area contributed by atoms with Gasteiger partial charge < -0.3 is 24.0 Å². The maximum absolute atomic E-state index is 13.1. The molecule has 196 valence electrons. The van der Waals surface area contributed by atoms with Crippen molar-refractivity contribution in [2.45, 2.75) is 17.3 Å². The third kappa shape index (κ3) is 7.28. The Kier molecular flexibility index (Phi) is 9.49. The van der Waals surface area contributed by atoms with Crippen LogP contribution in [0.25, 0.3) is 0 Å². The molecule has 37 heavy (non-hydrogen) atoms. The van der Waals surface area contributed by atoms with E-state index in [1.165, 1.54) is 11.8 Å². The first-order chi connectivity index (χ1) is 18.0. The number of likely N-dealkylation sites (N-methyl/N-ethyl adjacent to an activating group) is 1. The van der Waals surface area contributed by atoms with Crippen LogP contribution in [0.3, 0.4) is 0 Å². The highest BCUT2D eigenvalue weighted by Crippen LogP contribution is 2.28. The zero-order chi connectivity index (χ0) is 26.2. The predicted molar refractivity (Wildman–Crippen MR) is 146 cm³/mol. The van der Waals surface area contributed by atoms with E-state index in [1.807, 2.05) is 49.5 Å². The van der Waals surface area contributed by atoms with Gasteiger partial charge in [0.25, 0.3) is 5.91 Å². The van der Waals surface area contributed by atoms with Crippen molar-refractivity contribution in [2.24, 2.45) is 0 Å². The van der Waals surface area contributed by atoms with E-state index >= 15 is 0 Å². The van der Waals surface area contributed by atoms with Crippen LogP contribution in [-0.4, -0.2) is 74.9 Å². The van der Waals surface area contributed by atoms with Gasteiger partial charge in [0, 0.05) is 44.1 Å². The fourth-order valence-electron chi connectivity index (χ4n) is 4.00. The topological polar surface area (TPSA) is 77.0 Å². The molecule has 1 fully saturated rings. The van der Waals surface area contributed by atoms with Crippen molar-refractivity contribution in [3.8, 4) is 11.5 Å². The number of halogens is 1. The van der Waals surface area contributed by atoms with Crippen LogP contribution in [0.2, 0.25) is 5.15 Å². The molecule has 1 amide bonds. The fourth-order valence-corrected chi connectivity index (χ4v) is 5.03. The highest BCUT2D eigenvalue weighted by atomic mass is 35.5. The number of carbonyl (C=O) groups is 1. The molecule has 0 N–H and O–H groups in total. The second kappa shape index (κ2) is 13.0. The minimum Gasteiger partial charge on any atom is -0.493 e. The standard InChI is InChI=1S/C27H31ClN4O4S/c1-31(10-9-19-7-8-22(34-2)23(16-19)35-3)26(33)21-6-4-5-20(15-21)18-37-27-29-24(28)17-25(30-27)32-11-13-36-14-12-32/h4-8,15-17H,9-14,18H2,1-3H3. The number of carbonyl (C=O) groups excluding carboxylic acids is 1. The second-order valence-corrected chi connectivity index (χ2v) is 9.92. The number of thioether (sulfide) groups is 1. The number of nitrogens with zero attached hydrogens (tertiary/aromatic N) is 4. The van der Waals surface area contributed by atoms with Gasteiger partial charge >= 0.3 is 0 Å². The first-order valence-electron chi connectivity index (χ1n) is 12.0. The number of benzene rings is 2. The Morgan fingerprint density at radius 1 is 1.05 bits per heavy atom. The Hall–Kier alpha value is -3.01. The van der Waals surface area contributed by atoms with Crippen molar-refractivity contribution in [1.29, 1.82) is 0 Å². The number of aromatic nitrogens is 2. The van der Waals surface area contributed by atoms with E-state index in [9.17, 15) is 4.79 Å². The molecule has 0 atom stereocenters. The molecule has 10 heteroatoms. The van der Waals surface area contributed by atoms with E-state index in [0.717, 1.165) is 30.0 Å². The van der Waals surface area contributed by atoms with Gasteiger partial charge in [-0.2, -0.15) is 0 Å². The van der Waals surface area contributed by atoms with Crippen LogP contribution >= 0.6 is 23.4 Å². The summed E-state index contributed by atoms with van der Waals surface area (Å²) in [6, 6.07) is 15.3. The van der Waals surface area contributed by atoms with Crippen LogP contribution in [0.15, 0.2) is 53.7 Å². The summed E-state index contributed by atoms with van der Waals surface area (Å²) in [5.74, 6) is 2.77. The van der Waals surface area contributed by atoms with Crippen LogP contribution in [0.5, 0.6) is 11.5 Å². The van der Waals surface area contributed by atoms with Crippen LogP contribution in [0.4, 0.5) is 5.82 Å². The van der Waals surface area contributed by atoms with Gasteiger partial charge in [0.2, 0.25) is 0 Å². The van der Waals surface area contributed by atoms with E-state index in [0.29, 0.717) is 59.3 Å². The molecule has 0 unspecified atom stereocenters. The summed E-state index contributed by atoms with van der Waals surface area (Å²) in [7, 11) is 5.04. The maximum Gasteiger partial charge on any atom is 0.253 e. The summed E-state index contributed by atoms with van der Waals surface area (Å²) in [4.78, 5) is 26.0. The Bertz CT molecular complexity index is 1220. The number of methoxy groups -OCH3 is 2. The van der Waals surface area contributed by atoms with Crippen LogP contribution in [0, 0.1) is 0 Å². The number of morpholine rings is 1. The molecule has 0 bridgehead atoms. The summed E-state index contributed by atoms with van der Waals surface area (Å²) >= 11 is 7.77. The quantitative estimate of drug-likeness (QED) is 0.209. The van der Waals surface area contributed by atoms with Gasteiger partial charge in [0.15, 0.2) is 16.7 Å². The highest BCUT2D eigenvalue weighted by Gasteiger charge is 2.16. The van der Waals surface area contributed by atoms with Gasteiger partial charge in [-0.15, -0.1) is 0 Å². The lowest BCUT2D eigenvalue weighted by molar-refractivity contribution is 0.0796. The molecule has 2 heterocycles. The minimum atomic E-state index is -0.0269. The van der Waals surface area contributed by atoms with Crippen molar-refractivity contribution in [3.05, 3.63) is 70.4 Å². The Labute approximate surface area is 226 Å². The number of ether oxygens (including phenoxy) is 3. The summed E-state index contributed by atoms with van der Waals surface area (Å²) in [5.41, 5.74) is 2.73. The number of hydrogen-bond acceptors (Lipinski definition) is 8. The van der Waals surface area contributed by atoms with Crippen LogP contribution in [-0.2, 0) is 16.9 Å². The molecule has 8 nitrogen and oxygen atoms in total. The maximum atomic E-state index is 13.1. The van der Waals surface area contributed by atoms with Gasteiger partial charge in [-0.05, 0) is 41.8 Å². The first kappa shape index (κ1) is 27.0. The van der Waals surface area contributed by atoms with E-state index in [4.69, 9.17) is 25.8 Å². The van der Waals surface area contributed by atoms with Crippen LogP contribution < -0.4 is 14.4 Å². The average Bonchev–Trinajstić information content (AvgIpc) is 2.94. The molecule has 3 aromatic rings. The molecule has 0 radical (unpaired) electrons. The third-order valence-electron chi connectivity index (χ3n) is 6.07. The molecule has 1 aliphatic heterocycles. The van der Waals surface area contributed by atoms with Crippen molar-refractivity contribution >= 4 is 35.1 Å². The summed E-state index contributed by atoms with van der Waals surface area (Å²) in [6.07, 6.45) is 0.704. The monoisotopic (exact) mass is 542 g/mol. The first-order valence-corrected chi connectivity index (χ1v) is 13.4. The number of anilines is 1. The van der Waals surface area contributed by atoms with Crippen molar-refractivity contribution < 1.29 is 19.0 Å². The molecule has 1 saturated heterocycles. The van der Waals surface area contributed by atoms with Crippen molar-refractivity contribution in [2.75, 3.05) is 59.0 Å². The Balaban J connectivity index is 1.36. The molecule has 1 aromatic heterocycles. The largest absolute Gasteiger partial charge is 0.493 e. The fraction of sp³-hybridized carbons (Fsp3) is 0.370. The van der Waals surface area contributed by atoms with E-state index in [-0.39, 0.29) is 5.91 Å². The molecule has 4 rings (SSSR count). The lowest BCUT2D eigenvalue weighted by Gasteiger charge is -2.27. The average molecular weight is 543 g/mol. The van der Waals surface area contributed by atoms with E-state index in [1.54, 1.807) is 25.2 Å². The van der Waals surface area contributed by atoms with Gasteiger partial charge in [0.05, 0.1) is 27.4 Å². The molecular formula is C27H31ClN4O4S. The summed E-state index contributed by atoms with van der Waals surface area (Å²) < 4.78 is 16.1. The minimum absolute atomic E-state index is 0.0269. The number of hydrogen-bond donors (Lipinski definition) is 0. The number of rotatable bonds is 10. The van der Waals surface area contributed by atoms with Gasteiger partial charge in [-0.1, -0.05) is 41.6 Å². The smallest absolute Gasteiger partial charge is 0.253 e. The SMILES string of the molecule is COc1ccc(CCN(C)C(=O)c2cccc(CSc3nc(Cl)cc(N4CCOCC4)n3)c2)cc1OC. The van der Waals surface area contributed by atoms with E-state index in [2.05, 4.69) is 14.9 Å². The highest BCUT2D eigenvalue weighted by molar-refractivity contribution is 7.98. The summed E-state index contributed by atoms with van der Waals surface area (Å²) in [5, 5.41) is 1.02. The third-order valence-corrected chi connectivity index (χ3v) is 7.18. The Morgan fingerprint density at radius 2 is 1.84 bits per heavy atom.